The lowest BCUT2D eigenvalue weighted by Crippen LogP contribution is -1.96. The molecule has 0 aliphatic rings. The molecular formula is C14H14O3S. The maximum atomic E-state index is 11.4. The molecule has 0 unspecified atom stereocenters. The highest BCUT2D eigenvalue weighted by Crippen LogP contribution is 2.24. The van der Waals surface area contributed by atoms with Crippen molar-refractivity contribution in [2.45, 2.75) is 4.90 Å². The van der Waals surface area contributed by atoms with Crippen LogP contribution < -0.4 is 4.74 Å². The van der Waals surface area contributed by atoms with E-state index in [2.05, 4.69) is 0 Å². The van der Waals surface area contributed by atoms with Crippen LogP contribution in [0.3, 0.4) is 0 Å². The normalized spacial score (nSPS) is 11.2. The molecule has 0 heterocycles. The molecule has 94 valence electrons. The van der Waals surface area contributed by atoms with Crippen LogP contribution in [0.5, 0.6) is 5.75 Å². The van der Waals surface area contributed by atoms with Gasteiger partial charge in [-0.3, -0.25) is 0 Å². The highest BCUT2D eigenvalue weighted by atomic mass is 32.2. The molecule has 0 N–H and O–H groups in total. The van der Waals surface area contributed by atoms with E-state index >= 15 is 0 Å². The van der Waals surface area contributed by atoms with Crippen LogP contribution in [0.15, 0.2) is 53.4 Å². The van der Waals surface area contributed by atoms with Crippen molar-refractivity contribution in [3.63, 3.8) is 0 Å². The minimum Gasteiger partial charge on any atom is -0.497 e. The van der Waals surface area contributed by atoms with Crippen molar-refractivity contribution < 1.29 is 13.2 Å². The summed E-state index contributed by atoms with van der Waals surface area (Å²) in [4.78, 5) is 0.328. The smallest absolute Gasteiger partial charge is 0.175 e. The molecule has 0 bridgehead atoms. The molecule has 0 spiro atoms. The quantitative estimate of drug-likeness (QED) is 0.854. The fraction of sp³-hybridized carbons (Fsp3) is 0.143. The van der Waals surface area contributed by atoms with Crippen molar-refractivity contribution in [3.8, 4) is 16.9 Å². The Kier molecular flexibility index (Phi) is 3.39. The first-order valence-electron chi connectivity index (χ1n) is 5.45. The van der Waals surface area contributed by atoms with E-state index in [1.807, 2.05) is 24.3 Å². The highest BCUT2D eigenvalue weighted by molar-refractivity contribution is 7.90. The van der Waals surface area contributed by atoms with E-state index in [4.69, 9.17) is 4.74 Å². The van der Waals surface area contributed by atoms with E-state index in [1.54, 1.807) is 31.4 Å². The van der Waals surface area contributed by atoms with Crippen LogP contribution in [-0.2, 0) is 9.84 Å². The van der Waals surface area contributed by atoms with Gasteiger partial charge in [0.15, 0.2) is 9.84 Å². The van der Waals surface area contributed by atoms with E-state index < -0.39 is 9.84 Å². The predicted molar refractivity (Wildman–Crippen MR) is 71.5 cm³/mol. The largest absolute Gasteiger partial charge is 0.497 e. The maximum Gasteiger partial charge on any atom is 0.175 e. The van der Waals surface area contributed by atoms with Gasteiger partial charge in [-0.1, -0.05) is 24.3 Å². The number of ether oxygens (including phenoxy) is 1. The summed E-state index contributed by atoms with van der Waals surface area (Å²) in [5.74, 6) is 0.777. The first kappa shape index (κ1) is 12.6. The second-order valence-corrected chi connectivity index (χ2v) is 6.04. The lowest BCUT2D eigenvalue weighted by atomic mass is 10.1. The Morgan fingerprint density at radius 1 is 0.944 bits per heavy atom. The Morgan fingerprint density at radius 2 is 1.61 bits per heavy atom. The van der Waals surface area contributed by atoms with Gasteiger partial charge in [-0.15, -0.1) is 0 Å². The minimum atomic E-state index is -3.14. The molecule has 3 nitrogen and oxygen atoms in total. The number of sulfone groups is 1. The molecule has 0 aliphatic carbocycles. The fourth-order valence-corrected chi connectivity index (χ4v) is 2.33. The van der Waals surface area contributed by atoms with Gasteiger partial charge in [-0.05, 0) is 35.4 Å². The summed E-state index contributed by atoms with van der Waals surface area (Å²) in [6.45, 7) is 0. The summed E-state index contributed by atoms with van der Waals surface area (Å²) in [5.41, 5.74) is 1.95. The first-order chi connectivity index (χ1) is 8.50. The van der Waals surface area contributed by atoms with Gasteiger partial charge in [0.2, 0.25) is 0 Å². The molecule has 0 saturated carbocycles. The Morgan fingerprint density at radius 3 is 2.17 bits per heavy atom. The van der Waals surface area contributed by atoms with Crippen molar-refractivity contribution in [1.82, 2.24) is 0 Å². The van der Waals surface area contributed by atoms with Gasteiger partial charge in [0.25, 0.3) is 0 Å². The molecule has 0 amide bonds. The zero-order valence-corrected chi connectivity index (χ0v) is 11.1. The maximum absolute atomic E-state index is 11.4. The third-order valence-corrected chi connectivity index (χ3v) is 3.81. The first-order valence-corrected chi connectivity index (χ1v) is 7.34. The Labute approximate surface area is 107 Å². The van der Waals surface area contributed by atoms with E-state index in [0.717, 1.165) is 16.9 Å². The molecule has 0 aromatic heterocycles. The summed E-state index contributed by atoms with van der Waals surface area (Å²) in [5, 5.41) is 0. The molecule has 2 aromatic rings. The zero-order valence-electron chi connectivity index (χ0n) is 10.3. The molecular weight excluding hydrogens is 248 g/mol. The summed E-state index contributed by atoms with van der Waals surface area (Å²) in [6.07, 6.45) is 1.20. The van der Waals surface area contributed by atoms with E-state index in [-0.39, 0.29) is 0 Å². The van der Waals surface area contributed by atoms with Gasteiger partial charge in [0.1, 0.15) is 5.75 Å². The summed E-state index contributed by atoms with van der Waals surface area (Å²) >= 11 is 0. The molecule has 0 aliphatic heterocycles. The van der Waals surface area contributed by atoms with Crippen LogP contribution >= 0.6 is 0 Å². The second-order valence-electron chi connectivity index (χ2n) is 4.03. The van der Waals surface area contributed by atoms with E-state index in [9.17, 15) is 8.42 Å². The average molecular weight is 262 g/mol. The molecule has 0 radical (unpaired) electrons. The second kappa shape index (κ2) is 4.82. The van der Waals surface area contributed by atoms with Gasteiger partial charge in [-0.2, -0.15) is 0 Å². The number of hydrogen-bond donors (Lipinski definition) is 0. The van der Waals surface area contributed by atoms with Crippen molar-refractivity contribution in [1.29, 1.82) is 0 Å². The van der Waals surface area contributed by atoms with Crippen molar-refractivity contribution in [2.75, 3.05) is 13.4 Å². The fourth-order valence-electron chi connectivity index (χ4n) is 1.70. The molecule has 18 heavy (non-hydrogen) atoms. The molecule has 2 rings (SSSR count). The average Bonchev–Trinajstić information content (AvgIpc) is 2.38. The zero-order chi connectivity index (χ0) is 13.2. The molecule has 4 heteroatoms. The minimum absolute atomic E-state index is 0.328. The third-order valence-electron chi connectivity index (χ3n) is 2.69. The van der Waals surface area contributed by atoms with Crippen LogP contribution in [0.25, 0.3) is 11.1 Å². The van der Waals surface area contributed by atoms with Gasteiger partial charge < -0.3 is 4.74 Å². The van der Waals surface area contributed by atoms with Crippen molar-refractivity contribution in [3.05, 3.63) is 48.5 Å². The standard InChI is InChI=1S/C14H14O3S/c1-17-13-5-3-4-12(10-13)11-6-8-14(9-7-11)18(2,15)16/h3-10H,1-2H3. The predicted octanol–water partition coefficient (Wildman–Crippen LogP) is 2.77. The molecule has 0 saturated heterocycles. The monoisotopic (exact) mass is 262 g/mol. The Hall–Kier alpha value is -1.81. The van der Waals surface area contributed by atoms with Crippen LogP contribution in [0.2, 0.25) is 0 Å². The van der Waals surface area contributed by atoms with Crippen LogP contribution in [-0.4, -0.2) is 21.8 Å². The molecule has 0 fully saturated rings. The number of benzene rings is 2. The SMILES string of the molecule is COc1cccc(-c2ccc(S(C)(=O)=O)cc2)c1. The Bertz CT molecular complexity index is 643. The van der Waals surface area contributed by atoms with Crippen LogP contribution in [0, 0.1) is 0 Å². The number of methoxy groups -OCH3 is 1. The van der Waals surface area contributed by atoms with Gasteiger partial charge in [0.05, 0.1) is 12.0 Å². The number of rotatable bonds is 3. The van der Waals surface area contributed by atoms with Crippen LogP contribution in [0.4, 0.5) is 0 Å². The van der Waals surface area contributed by atoms with Crippen LogP contribution in [0.1, 0.15) is 0 Å². The van der Waals surface area contributed by atoms with Crippen molar-refractivity contribution >= 4 is 9.84 Å². The summed E-state index contributed by atoms with van der Waals surface area (Å²) in [7, 11) is -1.52. The van der Waals surface area contributed by atoms with Gasteiger partial charge >= 0.3 is 0 Å². The molecule has 0 atom stereocenters. The highest BCUT2D eigenvalue weighted by Gasteiger charge is 2.07. The Balaban J connectivity index is 2.40. The third kappa shape index (κ3) is 2.71. The summed E-state index contributed by atoms with van der Waals surface area (Å²) < 4.78 is 27.9. The van der Waals surface area contributed by atoms with E-state index in [1.165, 1.54) is 6.26 Å². The number of hydrogen-bond acceptors (Lipinski definition) is 3. The van der Waals surface area contributed by atoms with Gasteiger partial charge in [0, 0.05) is 6.26 Å². The molecule has 2 aromatic carbocycles. The van der Waals surface area contributed by atoms with Crippen molar-refractivity contribution in [2.24, 2.45) is 0 Å². The topological polar surface area (TPSA) is 43.4 Å². The van der Waals surface area contributed by atoms with E-state index in [0.29, 0.717) is 4.90 Å². The van der Waals surface area contributed by atoms with Gasteiger partial charge in [-0.25, -0.2) is 8.42 Å². The summed E-state index contributed by atoms with van der Waals surface area (Å²) in [6, 6.07) is 14.5. The lowest BCUT2D eigenvalue weighted by molar-refractivity contribution is 0.415. The lowest BCUT2D eigenvalue weighted by Gasteiger charge is -2.05.